The second kappa shape index (κ2) is 5.31. The van der Waals surface area contributed by atoms with Crippen LogP contribution < -0.4 is 0 Å². The van der Waals surface area contributed by atoms with Crippen LogP contribution >= 0.6 is 23.2 Å². The number of ketones is 1. The summed E-state index contributed by atoms with van der Waals surface area (Å²) in [5.74, 6) is -0.168. The zero-order chi connectivity index (χ0) is 14.1. The van der Waals surface area contributed by atoms with Crippen molar-refractivity contribution in [2.45, 2.75) is 0 Å². The maximum Gasteiger partial charge on any atom is 0.180 e. The highest BCUT2D eigenvalue weighted by molar-refractivity contribution is 6.34. The summed E-state index contributed by atoms with van der Waals surface area (Å²) in [6, 6.07) is 15.2. The fourth-order valence-electron chi connectivity index (χ4n) is 2.34. The molecule has 0 fully saturated rings. The van der Waals surface area contributed by atoms with E-state index in [4.69, 9.17) is 23.2 Å². The second-order valence-corrected chi connectivity index (χ2v) is 5.19. The Morgan fingerprint density at radius 3 is 2.55 bits per heavy atom. The van der Waals surface area contributed by atoms with Crippen molar-refractivity contribution in [3.05, 3.63) is 59.1 Å². The van der Waals surface area contributed by atoms with Gasteiger partial charge in [-0.3, -0.25) is 4.79 Å². The summed E-state index contributed by atoms with van der Waals surface area (Å²) in [4.78, 5) is 15.5. The third-order valence-electron chi connectivity index (χ3n) is 3.22. The van der Waals surface area contributed by atoms with Gasteiger partial charge in [0.2, 0.25) is 0 Å². The molecule has 20 heavy (non-hydrogen) atoms. The van der Waals surface area contributed by atoms with Gasteiger partial charge in [-0.05, 0) is 23.8 Å². The Labute approximate surface area is 126 Å². The molecular weight excluding hydrogens is 293 g/mol. The van der Waals surface area contributed by atoms with Gasteiger partial charge in [-0.25, -0.2) is 0 Å². The van der Waals surface area contributed by atoms with Crippen molar-refractivity contribution in [2.75, 3.05) is 5.88 Å². The Morgan fingerprint density at radius 1 is 1.10 bits per heavy atom. The number of carbonyl (C=O) groups is 1. The number of aromatic amines is 1. The Balaban J connectivity index is 2.34. The van der Waals surface area contributed by atoms with Crippen molar-refractivity contribution in [1.82, 2.24) is 4.98 Å². The van der Waals surface area contributed by atoms with Crippen molar-refractivity contribution in [1.29, 1.82) is 0 Å². The normalized spacial score (nSPS) is 10.9. The van der Waals surface area contributed by atoms with Gasteiger partial charge in [-0.2, -0.15) is 0 Å². The number of benzene rings is 2. The number of Topliss-reactive ketones (excluding diaryl/α,β-unsaturated/α-hetero) is 1. The number of halogens is 2. The second-order valence-electron chi connectivity index (χ2n) is 4.49. The molecule has 0 spiro atoms. The highest BCUT2D eigenvalue weighted by Gasteiger charge is 2.18. The van der Waals surface area contributed by atoms with Crippen molar-refractivity contribution >= 4 is 39.9 Å². The zero-order valence-electron chi connectivity index (χ0n) is 10.5. The molecule has 1 heterocycles. The van der Waals surface area contributed by atoms with Crippen LogP contribution in [0.15, 0.2) is 48.5 Å². The largest absolute Gasteiger partial charge is 0.354 e. The summed E-state index contributed by atoms with van der Waals surface area (Å²) in [5.41, 5.74) is 3.22. The molecule has 0 aliphatic heterocycles. The van der Waals surface area contributed by atoms with Crippen molar-refractivity contribution in [3.63, 3.8) is 0 Å². The molecule has 3 rings (SSSR count). The molecule has 0 atom stereocenters. The lowest BCUT2D eigenvalue weighted by atomic mass is 10.0. The first-order chi connectivity index (χ1) is 9.70. The summed E-state index contributed by atoms with van der Waals surface area (Å²) >= 11 is 11.8. The van der Waals surface area contributed by atoms with Gasteiger partial charge < -0.3 is 4.98 Å². The predicted molar refractivity (Wildman–Crippen MR) is 83.8 cm³/mol. The molecule has 1 aromatic heterocycles. The first-order valence-electron chi connectivity index (χ1n) is 6.16. The van der Waals surface area contributed by atoms with Gasteiger partial charge in [-0.1, -0.05) is 41.9 Å². The number of carbonyl (C=O) groups excluding carboxylic acids is 1. The first kappa shape index (κ1) is 13.2. The lowest BCUT2D eigenvalue weighted by Crippen LogP contribution is -2.01. The van der Waals surface area contributed by atoms with Crippen LogP contribution in [0.5, 0.6) is 0 Å². The Morgan fingerprint density at radius 2 is 1.85 bits per heavy atom. The molecule has 0 aliphatic carbocycles. The van der Waals surface area contributed by atoms with E-state index in [0.717, 1.165) is 22.2 Å². The number of hydrogen-bond acceptors (Lipinski definition) is 1. The van der Waals surface area contributed by atoms with Crippen LogP contribution in [0.3, 0.4) is 0 Å². The summed E-state index contributed by atoms with van der Waals surface area (Å²) < 4.78 is 0. The first-order valence-corrected chi connectivity index (χ1v) is 7.08. The van der Waals surface area contributed by atoms with E-state index in [1.54, 1.807) is 12.1 Å². The van der Waals surface area contributed by atoms with E-state index in [1.165, 1.54) is 0 Å². The van der Waals surface area contributed by atoms with E-state index in [1.807, 2.05) is 36.4 Å². The smallest absolute Gasteiger partial charge is 0.180 e. The number of rotatable bonds is 3. The molecule has 0 saturated heterocycles. The molecular formula is C16H11Cl2NO. The Bertz CT molecular complexity index is 778. The highest BCUT2D eigenvalue weighted by atomic mass is 35.5. The van der Waals surface area contributed by atoms with Gasteiger partial charge >= 0.3 is 0 Å². The van der Waals surface area contributed by atoms with Crippen LogP contribution in [0.2, 0.25) is 5.02 Å². The minimum Gasteiger partial charge on any atom is -0.354 e. The fraction of sp³-hybridized carbons (Fsp3) is 0.0625. The minimum atomic E-state index is -0.112. The van der Waals surface area contributed by atoms with Crippen LogP contribution in [0.25, 0.3) is 22.2 Å². The number of nitrogens with one attached hydrogen (secondary N) is 1. The minimum absolute atomic E-state index is 0.0562. The standard InChI is InChI=1S/C16H11Cl2NO/c17-9-14(20)15-12-8-11(18)6-7-13(12)19-16(15)10-4-2-1-3-5-10/h1-8,19H,9H2. The van der Waals surface area contributed by atoms with Gasteiger partial charge in [0.1, 0.15) is 0 Å². The number of aromatic nitrogens is 1. The lowest BCUT2D eigenvalue weighted by Gasteiger charge is -2.02. The van der Waals surface area contributed by atoms with E-state index in [-0.39, 0.29) is 11.7 Å². The molecule has 100 valence electrons. The van der Waals surface area contributed by atoms with E-state index in [2.05, 4.69) is 4.98 Å². The van der Waals surface area contributed by atoms with Crippen molar-refractivity contribution in [2.24, 2.45) is 0 Å². The third-order valence-corrected chi connectivity index (χ3v) is 3.70. The number of H-pyrrole nitrogens is 1. The molecule has 1 N–H and O–H groups in total. The molecule has 2 nitrogen and oxygen atoms in total. The molecule has 0 bridgehead atoms. The zero-order valence-corrected chi connectivity index (χ0v) is 12.0. The van der Waals surface area contributed by atoms with Gasteiger partial charge in [0.15, 0.2) is 5.78 Å². The Kier molecular flexibility index (Phi) is 3.51. The van der Waals surface area contributed by atoms with Gasteiger partial charge in [-0.15, -0.1) is 11.6 Å². The SMILES string of the molecule is O=C(CCl)c1c(-c2ccccc2)[nH]c2ccc(Cl)cc12. The van der Waals surface area contributed by atoms with Crippen LogP contribution in [-0.2, 0) is 0 Å². The van der Waals surface area contributed by atoms with Crippen LogP contribution in [0.1, 0.15) is 10.4 Å². The summed E-state index contributed by atoms with van der Waals surface area (Å²) in [6.07, 6.45) is 0. The van der Waals surface area contributed by atoms with Crippen LogP contribution in [0.4, 0.5) is 0 Å². The van der Waals surface area contributed by atoms with E-state index in [0.29, 0.717) is 10.6 Å². The van der Waals surface area contributed by atoms with Crippen molar-refractivity contribution in [3.8, 4) is 11.3 Å². The van der Waals surface area contributed by atoms with E-state index < -0.39 is 0 Å². The molecule has 2 aromatic carbocycles. The van der Waals surface area contributed by atoms with Gasteiger partial charge in [0, 0.05) is 15.9 Å². The molecule has 0 amide bonds. The lowest BCUT2D eigenvalue weighted by molar-refractivity contribution is 0.102. The van der Waals surface area contributed by atoms with Crippen LogP contribution in [0, 0.1) is 0 Å². The molecule has 0 radical (unpaired) electrons. The van der Waals surface area contributed by atoms with Gasteiger partial charge in [0.25, 0.3) is 0 Å². The molecule has 4 heteroatoms. The fourth-order valence-corrected chi connectivity index (χ4v) is 2.65. The maximum atomic E-state index is 12.2. The summed E-state index contributed by atoms with van der Waals surface area (Å²) in [5, 5.41) is 1.40. The molecule has 0 unspecified atom stereocenters. The average Bonchev–Trinajstić information content (AvgIpc) is 2.86. The summed E-state index contributed by atoms with van der Waals surface area (Å²) in [6.45, 7) is 0. The van der Waals surface area contributed by atoms with Crippen LogP contribution in [-0.4, -0.2) is 16.6 Å². The maximum absolute atomic E-state index is 12.2. The topological polar surface area (TPSA) is 32.9 Å². The molecule has 0 saturated carbocycles. The Hall–Kier alpha value is -1.77. The van der Waals surface area contributed by atoms with Gasteiger partial charge in [0.05, 0.1) is 17.1 Å². The number of fused-ring (bicyclic) bond motifs is 1. The van der Waals surface area contributed by atoms with E-state index in [9.17, 15) is 4.79 Å². The van der Waals surface area contributed by atoms with E-state index >= 15 is 0 Å². The third kappa shape index (κ3) is 2.21. The molecule has 0 aliphatic rings. The number of hydrogen-bond donors (Lipinski definition) is 1. The molecule has 3 aromatic rings. The predicted octanol–water partition coefficient (Wildman–Crippen LogP) is 4.91. The average molecular weight is 304 g/mol. The summed E-state index contributed by atoms with van der Waals surface area (Å²) in [7, 11) is 0. The quantitative estimate of drug-likeness (QED) is 0.541. The van der Waals surface area contributed by atoms with Crippen molar-refractivity contribution < 1.29 is 4.79 Å². The highest BCUT2D eigenvalue weighted by Crippen LogP contribution is 2.32. The number of alkyl halides is 1. The monoisotopic (exact) mass is 303 g/mol.